The average Bonchev–Trinajstić information content (AvgIpc) is 3.28. The molecule has 0 atom stereocenters. The molecule has 6 aromatic rings. The van der Waals surface area contributed by atoms with Gasteiger partial charge in [-0.3, -0.25) is 0 Å². The third-order valence-electron chi connectivity index (χ3n) is 11.3. The van der Waals surface area contributed by atoms with Crippen LogP contribution >= 0.6 is 0 Å². The highest BCUT2D eigenvalue weighted by Crippen LogP contribution is 2.30. The monoisotopic (exact) mass is 840 g/mol. The minimum Gasteiger partial charge on any atom is -0.493 e. The molecular weight excluding hydrogens is 781 g/mol. The summed E-state index contributed by atoms with van der Waals surface area (Å²) in [5.41, 5.74) is 7.81. The molecule has 9 heteroatoms. The van der Waals surface area contributed by atoms with Crippen LogP contribution in [0.2, 0.25) is 0 Å². The number of ether oxygens (including phenoxy) is 4. The molecule has 0 aliphatic heterocycles. The van der Waals surface area contributed by atoms with Gasteiger partial charge in [-0.25, -0.2) is 14.4 Å². The van der Waals surface area contributed by atoms with Gasteiger partial charge >= 0.3 is 17.2 Å². The highest BCUT2D eigenvalue weighted by molar-refractivity contribution is 5.85. The van der Waals surface area contributed by atoms with E-state index in [1.165, 1.54) is 36.8 Å². The second kappa shape index (κ2) is 22.8. The Balaban J connectivity index is 1.08. The lowest BCUT2D eigenvalue weighted by Gasteiger charge is -2.18. The Morgan fingerprint density at radius 3 is 1.53 bits per heavy atom. The molecule has 6 rings (SSSR count). The minimum absolute atomic E-state index is 0.259. The first-order chi connectivity index (χ1) is 30.2. The maximum atomic E-state index is 13.3. The summed E-state index contributed by atoms with van der Waals surface area (Å²) in [6.45, 7) is 12.3. The zero-order chi connectivity index (χ0) is 43.8. The van der Waals surface area contributed by atoms with Gasteiger partial charge in [0.15, 0.2) is 6.79 Å². The molecular formula is C53H60O9. The van der Waals surface area contributed by atoms with Gasteiger partial charge in [0, 0.05) is 41.8 Å². The molecule has 9 nitrogen and oxygen atoms in total. The number of benzene rings is 4. The quantitative estimate of drug-likeness (QED) is 0.0193. The van der Waals surface area contributed by atoms with Crippen LogP contribution in [0.5, 0.6) is 11.5 Å². The Morgan fingerprint density at radius 1 is 0.613 bits per heavy atom. The normalized spacial score (nSPS) is 11.4. The summed E-state index contributed by atoms with van der Waals surface area (Å²) in [5, 5.41) is 1.59. The van der Waals surface area contributed by atoms with Crippen molar-refractivity contribution in [2.24, 2.45) is 0 Å². The fourth-order valence-electron chi connectivity index (χ4n) is 7.79. The zero-order valence-electron chi connectivity index (χ0n) is 36.7. The van der Waals surface area contributed by atoms with E-state index >= 15 is 0 Å². The molecule has 0 N–H and O–H groups in total. The first kappa shape index (κ1) is 45.6. The van der Waals surface area contributed by atoms with Crippen LogP contribution in [0, 0.1) is 0 Å². The molecule has 0 amide bonds. The first-order valence-corrected chi connectivity index (χ1v) is 22.3. The Labute approximate surface area is 364 Å². The fourth-order valence-corrected chi connectivity index (χ4v) is 7.79. The van der Waals surface area contributed by atoms with Gasteiger partial charge in [-0.05, 0) is 108 Å². The van der Waals surface area contributed by atoms with E-state index in [4.69, 9.17) is 27.8 Å². The van der Waals surface area contributed by atoms with E-state index in [1.807, 2.05) is 48.5 Å². The van der Waals surface area contributed by atoms with E-state index in [-0.39, 0.29) is 20.0 Å². The molecule has 0 bridgehead atoms. The third-order valence-corrected chi connectivity index (χ3v) is 11.3. The molecule has 4 aromatic carbocycles. The van der Waals surface area contributed by atoms with Crippen LogP contribution in [0.4, 0.5) is 0 Å². The number of carbonyl (C=O) groups excluding carboxylic acids is 1. The number of aryl methyl sites for hydroxylation is 4. The topological polar surface area (TPSA) is 114 Å². The first-order valence-electron chi connectivity index (χ1n) is 22.3. The highest BCUT2D eigenvalue weighted by Gasteiger charge is 2.16. The lowest BCUT2D eigenvalue weighted by atomic mass is 9.94. The average molecular weight is 841 g/mol. The maximum Gasteiger partial charge on any atom is 0.344 e. The van der Waals surface area contributed by atoms with Gasteiger partial charge in [-0.2, -0.15) is 0 Å². The second-order valence-corrected chi connectivity index (χ2v) is 15.7. The van der Waals surface area contributed by atoms with Gasteiger partial charge in [-0.1, -0.05) is 96.4 Å². The number of rotatable bonds is 24. The Kier molecular flexibility index (Phi) is 16.8. The molecule has 0 saturated heterocycles. The molecule has 0 aliphatic rings. The van der Waals surface area contributed by atoms with Crippen LogP contribution in [0.1, 0.15) is 101 Å². The smallest absolute Gasteiger partial charge is 0.344 e. The van der Waals surface area contributed by atoms with Crippen LogP contribution < -0.4 is 20.7 Å². The number of fused-ring (bicyclic) bond motifs is 2. The van der Waals surface area contributed by atoms with Crippen LogP contribution in [-0.4, -0.2) is 32.1 Å². The molecule has 0 saturated carbocycles. The summed E-state index contributed by atoms with van der Waals surface area (Å²) in [4.78, 5) is 38.3. The lowest BCUT2D eigenvalue weighted by Crippen LogP contribution is -2.22. The third kappa shape index (κ3) is 12.1. The van der Waals surface area contributed by atoms with E-state index in [2.05, 4.69) is 58.5 Å². The molecule has 0 spiro atoms. The predicted molar refractivity (Wildman–Crippen MR) is 247 cm³/mol. The number of hydrogen-bond donors (Lipinski definition) is 0. The van der Waals surface area contributed by atoms with Crippen molar-refractivity contribution in [3.8, 4) is 33.8 Å². The number of hydrogen-bond acceptors (Lipinski definition) is 9. The van der Waals surface area contributed by atoms with E-state index in [0.717, 1.165) is 77.6 Å². The van der Waals surface area contributed by atoms with E-state index in [0.29, 0.717) is 46.6 Å². The van der Waals surface area contributed by atoms with Gasteiger partial charge in [0.05, 0.1) is 30.4 Å². The molecule has 0 unspecified atom stereocenters. The summed E-state index contributed by atoms with van der Waals surface area (Å²) in [7, 11) is 0. The molecule has 2 aromatic heterocycles. The van der Waals surface area contributed by atoms with Gasteiger partial charge in [-0.15, -0.1) is 0 Å². The largest absolute Gasteiger partial charge is 0.493 e. The van der Waals surface area contributed by atoms with Gasteiger partial charge in [0.2, 0.25) is 0 Å². The van der Waals surface area contributed by atoms with Crippen LogP contribution in [0.15, 0.2) is 116 Å². The Hall–Kier alpha value is -5.93. The van der Waals surface area contributed by atoms with Gasteiger partial charge in [0.1, 0.15) is 22.7 Å². The van der Waals surface area contributed by atoms with E-state index < -0.39 is 23.3 Å². The maximum absolute atomic E-state index is 13.3. The van der Waals surface area contributed by atoms with Gasteiger partial charge in [0.25, 0.3) is 0 Å². The summed E-state index contributed by atoms with van der Waals surface area (Å²) >= 11 is 0. The Morgan fingerprint density at radius 2 is 1.10 bits per heavy atom. The molecule has 62 heavy (non-hydrogen) atoms. The summed E-state index contributed by atoms with van der Waals surface area (Å²) in [6.07, 6.45) is 12.3. The van der Waals surface area contributed by atoms with Crippen molar-refractivity contribution >= 4 is 27.9 Å². The highest BCUT2D eigenvalue weighted by atomic mass is 16.7. The van der Waals surface area contributed by atoms with Gasteiger partial charge < -0.3 is 27.8 Å². The van der Waals surface area contributed by atoms with Crippen LogP contribution in [0.3, 0.4) is 0 Å². The number of unbranched alkanes of at least 4 members (excludes halogenated alkanes) is 4. The summed E-state index contributed by atoms with van der Waals surface area (Å²) < 4.78 is 34.9. The molecule has 2 heterocycles. The van der Waals surface area contributed by atoms with Crippen molar-refractivity contribution < 1.29 is 32.6 Å². The van der Waals surface area contributed by atoms with Crippen molar-refractivity contribution in [2.75, 3.05) is 20.0 Å². The van der Waals surface area contributed by atoms with Crippen molar-refractivity contribution in [1.82, 2.24) is 0 Å². The van der Waals surface area contributed by atoms with Crippen molar-refractivity contribution in [3.05, 3.63) is 141 Å². The second-order valence-electron chi connectivity index (χ2n) is 15.7. The molecule has 0 fully saturated rings. The van der Waals surface area contributed by atoms with Crippen molar-refractivity contribution in [1.29, 1.82) is 0 Å². The molecule has 0 aliphatic carbocycles. The molecule has 326 valence electrons. The minimum atomic E-state index is -0.589. The van der Waals surface area contributed by atoms with Crippen LogP contribution in [0.25, 0.3) is 44.2 Å². The summed E-state index contributed by atoms with van der Waals surface area (Å²) in [5.74, 6) is 0.491. The zero-order valence-corrected chi connectivity index (χ0v) is 36.7. The number of esters is 1. The van der Waals surface area contributed by atoms with Crippen molar-refractivity contribution in [3.63, 3.8) is 0 Å². The lowest BCUT2D eigenvalue weighted by molar-refractivity contribution is -0.156. The van der Waals surface area contributed by atoms with Crippen molar-refractivity contribution in [2.45, 2.75) is 111 Å². The van der Waals surface area contributed by atoms with E-state index in [9.17, 15) is 14.4 Å². The SMILES string of the molecule is C=CC(=O)OCOC(CCOc1ccc2cc(-c3ccc(CCCCC)cc3CC)c(=O)oc2c1)CCOc1ccc2cc(-c3ccc(CCCCC)cc3CC)c(=O)oc2c1. The molecule has 0 radical (unpaired) electrons. The fraction of sp³-hybridized carbons (Fsp3) is 0.377. The number of carbonyl (C=O) groups is 1. The van der Waals surface area contributed by atoms with E-state index in [1.54, 1.807) is 12.1 Å². The Bertz CT molecular complexity index is 2400. The standard InChI is InChI=1S/C53H60O9/c1-6-11-13-15-36-17-23-45(38(8-3)29-36)47-31-40-19-21-43(33-49(40)61-52(47)55)57-27-25-42(59-35-60-51(54)10-5)26-28-58-44-22-20-41-32-48(53(56)62-50(41)34-44)46-24-18-37(16-14-12-7-2)30-39(46)9-4/h10,17-24,29-34,42H,5-9,11-16,25-28,35H2,1-4H3. The predicted octanol–water partition coefficient (Wildman–Crippen LogP) is 12.1. The van der Waals surface area contributed by atoms with Crippen LogP contribution in [-0.2, 0) is 40.0 Å². The summed E-state index contributed by atoms with van der Waals surface area (Å²) in [6, 6.07) is 27.5.